The molecule has 0 atom stereocenters. The Morgan fingerprint density at radius 1 is 1.22 bits per heavy atom. The van der Waals surface area contributed by atoms with Crippen molar-refractivity contribution in [2.75, 3.05) is 7.11 Å². The van der Waals surface area contributed by atoms with Crippen molar-refractivity contribution >= 4 is 10.9 Å². The summed E-state index contributed by atoms with van der Waals surface area (Å²) in [6.07, 6.45) is -4.56. The summed E-state index contributed by atoms with van der Waals surface area (Å²) in [4.78, 5) is 11.6. The summed E-state index contributed by atoms with van der Waals surface area (Å²) in [7, 11) is 2.68. The molecule has 18 heavy (non-hydrogen) atoms. The van der Waals surface area contributed by atoms with Gasteiger partial charge in [0.15, 0.2) is 5.43 Å². The van der Waals surface area contributed by atoms with Gasteiger partial charge in [-0.2, -0.15) is 13.2 Å². The Hall–Kier alpha value is -1.98. The van der Waals surface area contributed by atoms with Gasteiger partial charge < -0.3 is 9.30 Å². The van der Waals surface area contributed by atoms with E-state index in [2.05, 4.69) is 0 Å². The van der Waals surface area contributed by atoms with Crippen LogP contribution in [0.2, 0.25) is 0 Å². The lowest BCUT2D eigenvalue weighted by molar-refractivity contribution is -0.143. The van der Waals surface area contributed by atoms with Crippen molar-refractivity contribution in [3.05, 3.63) is 40.2 Å². The van der Waals surface area contributed by atoms with Crippen molar-refractivity contribution in [3.63, 3.8) is 0 Å². The maximum atomic E-state index is 12.7. The highest BCUT2D eigenvalue weighted by Gasteiger charge is 2.34. The van der Waals surface area contributed by atoms with Crippen LogP contribution in [0.5, 0.6) is 5.75 Å². The van der Waals surface area contributed by atoms with Crippen LogP contribution in [-0.2, 0) is 13.2 Å². The van der Waals surface area contributed by atoms with E-state index in [0.29, 0.717) is 11.8 Å². The standard InChI is InChI=1S/C12H10F3NO2/c1-16-9-5-7(18-2)3-4-8(9)10(17)6-11(16)12(13,14)15/h3-6H,1-2H3. The quantitative estimate of drug-likeness (QED) is 0.786. The first-order valence-corrected chi connectivity index (χ1v) is 5.09. The highest BCUT2D eigenvalue weighted by molar-refractivity contribution is 5.80. The number of methoxy groups -OCH3 is 1. The molecule has 0 saturated heterocycles. The van der Waals surface area contributed by atoms with E-state index in [9.17, 15) is 18.0 Å². The molecule has 1 heterocycles. The molecule has 2 rings (SSSR count). The molecule has 0 aliphatic carbocycles. The van der Waals surface area contributed by atoms with Crippen molar-refractivity contribution < 1.29 is 17.9 Å². The van der Waals surface area contributed by atoms with E-state index < -0.39 is 17.3 Å². The number of benzene rings is 1. The van der Waals surface area contributed by atoms with Gasteiger partial charge in [-0.05, 0) is 12.1 Å². The van der Waals surface area contributed by atoms with Crippen LogP contribution in [0.4, 0.5) is 13.2 Å². The van der Waals surface area contributed by atoms with Gasteiger partial charge in [0.2, 0.25) is 0 Å². The molecule has 0 bridgehead atoms. The second-order valence-electron chi connectivity index (χ2n) is 3.83. The Labute approximate surface area is 100 Å². The van der Waals surface area contributed by atoms with Crippen LogP contribution < -0.4 is 10.2 Å². The number of aromatic nitrogens is 1. The molecule has 2 aromatic rings. The van der Waals surface area contributed by atoms with Gasteiger partial charge in [-0.3, -0.25) is 4.79 Å². The predicted octanol–water partition coefficient (Wildman–Crippen LogP) is 2.57. The highest BCUT2D eigenvalue weighted by Crippen LogP contribution is 2.30. The molecule has 0 amide bonds. The Kier molecular flexibility index (Phi) is 2.80. The zero-order valence-electron chi connectivity index (χ0n) is 9.71. The van der Waals surface area contributed by atoms with Gasteiger partial charge in [0.1, 0.15) is 11.4 Å². The third-order valence-electron chi connectivity index (χ3n) is 2.75. The van der Waals surface area contributed by atoms with Crippen LogP contribution in [0.15, 0.2) is 29.1 Å². The molecule has 0 fully saturated rings. The predicted molar refractivity (Wildman–Crippen MR) is 60.7 cm³/mol. The molecule has 0 N–H and O–H groups in total. The zero-order chi connectivity index (χ0) is 13.5. The van der Waals surface area contributed by atoms with Crippen molar-refractivity contribution in [1.29, 1.82) is 0 Å². The minimum atomic E-state index is -4.56. The summed E-state index contributed by atoms with van der Waals surface area (Å²) in [5, 5.41) is 0.228. The second kappa shape index (κ2) is 4.04. The van der Waals surface area contributed by atoms with E-state index >= 15 is 0 Å². The number of rotatable bonds is 1. The maximum absolute atomic E-state index is 12.7. The van der Waals surface area contributed by atoms with E-state index in [1.165, 1.54) is 32.4 Å². The number of hydrogen-bond acceptors (Lipinski definition) is 2. The summed E-state index contributed by atoms with van der Waals surface area (Å²) in [5.74, 6) is 0.400. The lowest BCUT2D eigenvalue weighted by Gasteiger charge is -2.15. The largest absolute Gasteiger partial charge is 0.497 e. The summed E-state index contributed by atoms with van der Waals surface area (Å²) < 4.78 is 44.1. The van der Waals surface area contributed by atoms with Gasteiger partial charge >= 0.3 is 6.18 Å². The SMILES string of the molecule is COc1ccc2c(=O)cc(C(F)(F)F)n(C)c2c1. The highest BCUT2D eigenvalue weighted by atomic mass is 19.4. The monoisotopic (exact) mass is 257 g/mol. The maximum Gasteiger partial charge on any atom is 0.431 e. The topological polar surface area (TPSA) is 31.2 Å². The average molecular weight is 257 g/mol. The Balaban J connectivity index is 2.87. The molecule has 0 radical (unpaired) electrons. The number of ether oxygens (including phenoxy) is 1. The van der Waals surface area contributed by atoms with Crippen LogP contribution in [0, 0.1) is 0 Å². The normalized spacial score (nSPS) is 11.8. The van der Waals surface area contributed by atoms with Crippen LogP contribution in [0.25, 0.3) is 10.9 Å². The van der Waals surface area contributed by atoms with Crippen molar-refractivity contribution in [2.24, 2.45) is 7.05 Å². The van der Waals surface area contributed by atoms with Gasteiger partial charge in [-0.25, -0.2) is 0 Å². The van der Waals surface area contributed by atoms with Crippen LogP contribution in [0.1, 0.15) is 5.69 Å². The van der Waals surface area contributed by atoms with Gasteiger partial charge in [-0.1, -0.05) is 0 Å². The first-order valence-electron chi connectivity index (χ1n) is 5.09. The van der Waals surface area contributed by atoms with Crippen LogP contribution in [0.3, 0.4) is 0 Å². The number of hydrogen-bond donors (Lipinski definition) is 0. The van der Waals surface area contributed by atoms with Gasteiger partial charge in [0.05, 0.1) is 12.6 Å². The fraction of sp³-hybridized carbons (Fsp3) is 0.250. The third kappa shape index (κ3) is 1.94. The molecule has 96 valence electrons. The summed E-state index contributed by atoms with van der Waals surface area (Å²) in [6.45, 7) is 0. The van der Waals surface area contributed by atoms with Crippen molar-refractivity contribution in [1.82, 2.24) is 4.57 Å². The Bertz CT molecular complexity index is 659. The summed E-state index contributed by atoms with van der Waals surface area (Å²) >= 11 is 0. The zero-order valence-corrected chi connectivity index (χ0v) is 9.71. The number of alkyl halides is 3. The fourth-order valence-electron chi connectivity index (χ4n) is 1.82. The van der Waals surface area contributed by atoms with E-state index in [4.69, 9.17) is 4.74 Å². The first-order chi connectivity index (χ1) is 8.34. The van der Waals surface area contributed by atoms with E-state index in [1.54, 1.807) is 0 Å². The number of nitrogens with zero attached hydrogens (tertiary/aromatic N) is 1. The first kappa shape index (κ1) is 12.5. The Morgan fingerprint density at radius 2 is 1.89 bits per heavy atom. The summed E-state index contributed by atoms with van der Waals surface area (Å²) in [6, 6.07) is 5.01. The van der Waals surface area contributed by atoms with Gasteiger partial charge in [-0.15, -0.1) is 0 Å². The number of fused-ring (bicyclic) bond motifs is 1. The van der Waals surface area contributed by atoms with Gasteiger partial charge in [0, 0.05) is 24.6 Å². The average Bonchev–Trinajstić information content (AvgIpc) is 2.31. The number of pyridine rings is 1. The van der Waals surface area contributed by atoms with E-state index in [0.717, 1.165) is 4.57 Å². The van der Waals surface area contributed by atoms with Crippen LogP contribution >= 0.6 is 0 Å². The molecule has 6 heteroatoms. The molecule has 0 aliphatic heterocycles. The number of halogens is 3. The third-order valence-corrected chi connectivity index (χ3v) is 2.75. The minimum Gasteiger partial charge on any atom is -0.497 e. The number of aryl methyl sites for hydroxylation is 1. The second-order valence-corrected chi connectivity index (χ2v) is 3.83. The summed E-state index contributed by atoms with van der Waals surface area (Å²) in [5.41, 5.74) is -1.44. The lowest BCUT2D eigenvalue weighted by atomic mass is 10.1. The van der Waals surface area contributed by atoms with E-state index in [1.807, 2.05) is 0 Å². The van der Waals surface area contributed by atoms with Gasteiger partial charge in [0.25, 0.3) is 0 Å². The fourth-order valence-corrected chi connectivity index (χ4v) is 1.82. The van der Waals surface area contributed by atoms with Crippen molar-refractivity contribution in [3.8, 4) is 5.75 Å². The smallest absolute Gasteiger partial charge is 0.431 e. The van der Waals surface area contributed by atoms with Crippen LogP contribution in [-0.4, -0.2) is 11.7 Å². The molecular weight excluding hydrogens is 247 g/mol. The molecule has 1 aromatic heterocycles. The molecule has 1 aromatic carbocycles. The Morgan fingerprint density at radius 3 is 2.44 bits per heavy atom. The lowest BCUT2D eigenvalue weighted by Crippen LogP contribution is -2.19. The van der Waals surface area contributed by atoms with Crippen molar-refractivity contribution in [2.45, 2.75) is 6.18 Å². The molecule has 0 saturated carbocycles. The molecule has 0 spiro atoms. The molecular formula is C12H10F3NO2. The van der Waals surface area contributed by atoms with E-state index in [-0.39, 0.29) is 10.9 Å². The molecule has 3 nitrogen and oxygen atoms in total. The molecule has 0 aliphatic rings. The minimum absolute atomic E-state index is 0.189. The molecule has 0 unspecified atom stereocenters.